The molecule has 4 rings (SSSR count). The minimum absolute atomic E-state index is 0.0306. The first-order valence-corrected chi connectivity index (χ1v) is 12.1. The van der Waals surface area contributed by atoms with E-state index in [4.69, 9.17) is 4.74 Å². The van der Waals surface area contributed by atoms with Crippen molar-refractivity contribution in [3.63, 3.8) is 0 Å². The summed E-state index contributed by atoms with van der Waals surface area (Å²) in [6.45, 7) is 4.33. The molecule has 0 atom stereocenters. The van der Waals surface area contributed by atoms with Gasteiger partial charge in [0, 0.05) is 17.8 Å². The molecule has 1 aromatic heterocycles. The minimum Gasteiger partial charge on any atom is -0.493 e. The van der Waals surface area contributed by atoms with Gasteiger partial charge in [0.05, 0.1) is 23.8 Å². The van der Waals surface area contributed by atoms with Crippen LogP contribution in [0.1, 0.15) is 38.1 Å². The first-order chi connectivity index (χ1) is 15.1. The van der Waals surface area contributed by atoms with Gasteiger partial charge in [-0.2, -0.15) is 0 Å². The van der Waals surface area contributed by atoms with Gasteiger partial charge in [0.2, 0.25) is 5.91 Å². The molecule has 0 unspecified atom stereocenters. The summed E-state index contributed by atoms with van der Waals surface area (Å²) < 4.78 is 31.9. The first kappa shape index (κ1) is 22.2. The van der Waals surface area contributed by atoms with Crippen LogP contribution in [-0.2, 0) is 26.6 Å². The maximum atomic E-state index is 13.1. The fraction of sp³-hybridized carbons (Fsp3) is 0.455. The van der Waals surface area contributed by atoms with Gasteiger partial charge in [-0.3, -0.25) is 10.1 Å². The van der Waals surface area contributed by atoms with Crippen molar-refractivity contribution in [1.82, 2.24) is 20.2 Å². The molecule has 2 aromatic rings. The molecule has 0 bridgehead atoms. The van der Waals surface area contributed by atoms with E-state index < -0.39 is 21.3 Å². The lowest BCUT2D eigenvalue weighted by Gasteiger charge is -2.24. The van der Waals surface area contributed by atoms with Crippen LogP contribution >= 0.6 is 0 Å². The average Bonchev–Trinajstić information content (AvgIpc) is 3.51. The Labute approximate surface area is 187 Å². The third-order valence-corrected chi connectivity index (χ3v) is 7.66. The van der Waals surface area contributed by atoms with Crippen LogP contribution < -0.4 is 10.1 Å². The maximum absolute atomic E-state index is 13.1. The number of carbonyl (C=O) groups excluding carboxylic acids is 2. The number of benzene rings is 1. The third kappa shape index (κ3) is 5.24. The number of sulfone groups is 1. The molecule has 2 fully saturated rings. The predicted molar refractivity (Wildman–Crippen MR) is 116 cm³/mol. The molecule has 1 aromatic carbocycles. The van der Waals surface area contributed by atoms with Crippen molar-refractivity contribution < 1.29 is 22.7 Å². The van der Waals surface area contributed by atoms with Crippen LogP contribution in [0.2, 0.25) is 0 Å². The van der Waals surface area contributed by atoms with E-state index in [9.17, 15) is 18.0 Å². The van der Waals surface area contributed by atoms with E-state index in [-0.39, 0.29) is 29.6 Å². The van der Waals surface area contributed by atoms with Gasteiger partial charge in [-0.15, -0.1) is 0 Å². The molecule has 0 radical (unpaired) electrons. The molecule has 1 N–H and O–H groups in total. The summed E-state index contributed by atoms with van der Waals surface area (Å²) in [7, 11) is -3.59. The zero-order valence-corrected chi connectivity index (χ0v) is 18.9. The minimum atomic E-state index is -3.59. The first-order valence-electron chi connectivity index (χ1n) is 10.5. The molecule has 9 nitrogen and oxygen atoms in total. The Kier molecular flexibility index (Phi) is 5.89. The smallest absolute Gasteiger partial charge is 0.324 e. The zero-order valence-electron chi connectivity index (χ0n) is 18.1. The normalized spacial score (nSPS) is 16.9. The number of nitrogens with one attached hydrogen (secondary N) is 1. The molecule has 1 saturated heterocycles. The fourth-order valence-electron chi connectivity index (χ4n) is 3.47. The number of carbonyl (C=O) groups is 2. The molecule has 10 heteroatoms. The Balaban J connectivity index is 1.44. The Hall–Kier alpha value is -3.01. The number of nitrogens with zero attached hydrogens (tertiary/aromatic N) is 3. The number of hydrogen-bond donors (Lipinski definition) is 1. The van der Waals surface area contributed by atoms with Crippen molar-refractivity contribution >= 4 is 21.8 Å². The van der Waals surface area contributed by atoms with Crippen molar-refractivity contribution in [2.24, 2.45) is 5.92 Å². The Bertz CT molecular complexity index is 1130. The van der Waals surface area contributed by atoms with Gasteiger partial charge in [-0.05, 0) is 42.5 Å². The van der Waals surface area contributed by atoms with Crippen molar-refractivity contribution in [2.75, 3.05) is 18.9 Å². The van der Waals surface area contributed by atoms with Crippen molar-refractivity contribution in [3.8, 4) is 5.75 Å². The van der Waals surface area contributed by atoms with E-state index in [0.29, 0.717) is 29.7 Å². The monoisotopic (exact) mass is 458 g/mol. The number of hydrogen-bond acceptors (Lipinski definition) is 7. The quantitative estimate of drug-likeness (QED) is 0.572. The Morgan fingerprint density at radius 1 is 1.19 bits per heavy atom. The molecule has 2 heterocycles. The number of imide groups is 1. The van der Waals surface area contributed by atoms with Gasteiger partial charge in [-0.1, -0.05) is 19.9 Å². The average molecular weight is 459 g/mol. The van der Waals surface area contributed by atoms with E-state index in [1.165, 1.54) is 4.90 Å². The Morgan fingerprint density at radius 3 is 2.53 bits per heavy atom. The summed E-state index contributed by atoms with van der Waals surface area (Å²) in [5, 5.41) is 2.20. The highest BCUT2D eigenvalue weighted by Crippen LogP contribution is 2.31. The Morgan fingerprint density at radius 2 is 1.91 bits per heavy atom. The van der Waals surface area contributed by atoms with E-state index in [0.717, 1.165) is 12.8 Å². The summed E-state index contributed by atoms with van der Waals surface area (Å²) in [5.74, 6) is 1.03. The summed E-state index contributed by atoms with van der Waals surface area (Å²) in [5.41, 5.74) is -0.0867. The molecule has 32 heavy (non-hydrogen) atoms. The summed E-state index contributed by atoms with van der Waals surface area (Å²) >= 11 is 0. The van der Waals surface area contributed by atoms with Gasteiger partial charge in [-0.25, -0.2) is 23.2 Å². The number of urea groups is 1. The lowest BCUT2D eigenvalue weighted by molar-refractivity contribution is -0.118. The molecule has 3 amide bonds. The SMILES string of the molecule is CC(C)(CS(=O)(=O)c1cccc(OCC2CC2)c1)c1cnc(CN2CC(=O)NC2=O)nc1. The molecular formula is C22H26N4O5S. The van der Waals surface area contributed by atoms with E-state index in [1.54, 1.807) is 36.7 Å². The number of ether oxygens (including phenoxy) is 1. The molecule has 170 valence electrons. The van der Waals surface area contributed by atoms with Crippen LogP contribution in [0.3, 0.4) is 0 Å². The van der Waals surface area contributed by atoms with Crippen LogP contribution in [0.4, 0.5) is 4.79 Å². The highest BCUT2D eigenvalue weighted by Gasteiger charge is 2.31. The molecule has 1 aliphatic carbocycles. The number of rotatable bonds is 9. The van der Waals surface area contributed by atoms with Crippen LogP contribution in [0.25, 0.3) is 0 Å². The second kappa shape index (κ2) is 8.50. The largest absolute Gasteiger partial charge is 0.493 e. The van der Waals surface area contributed by atoms with Gasteiger partial charge in [0.25, 0.3) is 0 Å². The topological polar surface area (TPSA) is 119 Å². The van der Waals surface area contributed by atoms with Crippen LogP contribution in [0.15, 0.2) is 41.6 Å². The molecular weight excluding hydrogens is 432 g/mol. The molecule has 2 aliphatic rings. The van der Waals surface area contributed by atoms with Crippen LogP contribution in [-0.4, -0.2) is 54.1 Å². The summed E-state index contributed by atoms with van der Waals surface area (Å²) in [6.07, 6.45) is 5.47. The van der Waals surface area contributed by atoms with Gasteiger partial charge < -0.3 is 9.64 Å². The van der Waals surface area contributed by atoms with Crippen molar-refractivity contribution in [3.05, 3.63) is 48.0 Å². The summed E-state index contributed by atoms with van der Waals surface area (Å²) in [4.78, 5) is 33.1. The van der Waals surface area contributed by atoms with Gasteiger partial charge in [0.15, 0.2) is 9.84 Å². The zero-order chi connectivity index (χ0) is 22.9. The highest BCUT2D eigenvalue weighted by atomic mass is 32.2. The third-order valence-electron chi connectivity index (χ3n) is 5.59. The predicted octanol–water partition coefficient (Wildman–Crippen LogP) is 2.07. The maximum Gasteiger partial charge on any atom is 0.324 e. The van der Waals surface area contributed by atoms with Crippen molar-refractivity contribution in [2.45, 2.75) is 43.5 Å². The fourth-order valence-corrected chi connectivity index (χ4v) is 5.33. The van der Waals surface area contributed by atoms with Crippen LogP contribution in [0, 0.1) is 5.92 Å². The molecule has 1 aliphatic heterocycles. The van der Waals surface area contributed by atoms with Crippen LogP contribution in [0.5, 0.6) is 5.75 Å². The number of aromatic nitrogens is 2. The van der Waals surface area contributed by atoms with E-state index in [2.05, 4.69) is 15.3 Å². The lowest BCUT2D eigenvalue weighted by Crippen LogP contribution is -2.30. The summed E-state index contributed by atoms with van der Waals surface area (Å²) in [6, 6.07) is 6.15. The van der Waals surface area contributed by atoms with Gasteiger partial charge in [0.1, 0.15) is 18.1 Å². The number of amides is 3. The molecule has 1 saturated carbocycles. The highest BCUT2D eigenvalue weighted by molar-refractivity contribution is 7.91. The van der Waals surface area contributed by atoms with E-state index in [1.807, 2.05) is 13.8 Å². The molecule has 0 spiro atoms. The van der Waals surface area contributed by atoms with E-state index >= 15 is 0 Å². The second-order valence-corrected chi connectivity index (χ2v) is 11.0. The lowest BCUT2D eigenvalue weighted by atomic mass is 9.89. The second-order valence-electron chi connectivity index (χ2n) is 8.97. The van der Waals surface area contributed by atoms with Gasteiger partial charge >= 0.3 is 6.03 Å². The standard InChI is InChI=1S/C22H26N4O5S/c1-22(2,16-9-23-19(24-10-16)11-26-12-20(27)25-21(26)28)14-32(29,30)18-5-3-4-17(8-18)31-13-15-6-7-15/h3-5,8-10,15H,6-7,11-14H2,1-2H3,(H,25,27,28). The van der Waals surface area contributed by atoms with Crippen molar-refractivity contribution in [1.29, 1.82) is 0 Å².